The van der Waals surface area contributed by atoms with E-state index in [1.54, 1.807) is 26.0 Å². The number of nitrogens with zero attached hydrogens (tertiary/aromatic N) is 1. The molecule has 1 aromatic rings. The van der Waals surface area contributed by atoms with Crippen LogP contribution < -0.4 is 0 Å². The highest BCUT2D eigenvalue weighted by molar-refractivity contribution is 5.98. The van der Waals surface area contributed by atoms with Gasteiger partial charge < -0.3 is 15.1 Å². The maximum absolute atomic E-state index is 12.1. The van der Waals surface area contributed by atoms with Crippen LogP contribution in [0.5, 0.6) is 5.75 Å². The Labute approximate surface area is 106 Å². The summed E-state index contributed by atoms with van der Waals surface area (Å²) in [6.45, 7) is 3.49. The maximum Gasteiger partial charge on any atom is 0.326 e. The molecule has 0 heterocycles. The van der Waals surface area contributed by atoms with Crippen LogP contribution >= 0.6 is 0 Å². The summed E-state index contributed by atoms with van der Waals surface area (Å²) < 4.78 is 0. The molecule has 1 unspecified atom stereocenters. The van der Waals surface area contributed by atoms with Gasteiger partial charge in [0.2, 0.25) is 0 Å². The van der Waals surface area contributed by atoms with Crippen LogP contribution in [0.2, 0.25) is 0 Å². The molecule has 5 heteroatoms. The van der Waals surface area contributed by atoms with E-state index in [1.807, 2.05) is 0 Å². The molecule has 0 saturated heterocycles. The highest BCUT2D eigenvalue weighted by atomic mass is 16.4. The van der Waals surface area contributed by atoms with Gasteiger partial charge in [-0.25, -0.2) is 4.79 Å². The fourth-order valence-corrected chi connectivity index (χ4v) is 1.77. The van der Waals surface area contributed by atoms with Crippen molar-refractivity contribution >= 4 is 11.9 Å². The maximum atomic E-state index is 12.1. The third-order valence-corrected chi connectivity index (χ3v) is 2.84. The molecule has 0 aliphatic rings. The lowest BCUT2D eigenvalue weighted by Gasteiger charge is -2.24. The number of likely N-dealkylation sites (N-methyl/N-ethyl adjacent to an activating group) is 1. The molecule has 0 fully saturated rings. The minimum atomic E-state index is -1.06. The summed E-state index contributed by atoms with van der Waals surface area (Å²) in [4.78, 5) is 24.3. The Balaban J connectivity index is 3.06. The van der Waals surface area contributed by atoms with Crippen molar-refractivity contribution in [3.63, 3.8) is 0 Å². The van der Waals surface area contributed by atoms with Crippen molar-refractivity contribution in [2.45, 2.75) is 26.3 Å². The lowest BCUT2D eigenvalue weighted by molar-refractivity contribution is -0.142. The summed E-state index contributed by atoms with van der Waals surface area (Å²) in [5.74, 6) is -1.69. The SMILES string of the molecule is CCC(C(=O)O)N(C)C(=O)c1cc(C)ccc1O. The third-order valence-electron chi connectivity index (χ3n) is 2.84. The molecule has 18 heavy (non-hydrogen) atoms. The van der Waals surface area contributed by atoms with Crippen LogP contribution in [0, 0.1) is 6.92 Å². The number of amides is 1. The standard InChI is InChI=1S/C13H17NO4/c1-4-10(13(17)18)14(3)12(16)9-7-8(2)5-6-11(9)15/h5-7,10,15H,4H2,1-3H3,(H,17,18). The van der Waals surface area contributed by atoms with Gasteiger partial charge in [-0.05, 0) is 25.5 Å². The fourth-order valence-electron chi connectivity index (χ4n) is 1.77. The Hall–Kier alpha value is -2.04. The number of hydrogen-bond donors (Lipinski definition) is 2. The van der Waals surface area contributed by atoms with Crippen molar-refractivity contribution in [1.82, 2.24) is 4.90 Å². The van der Waals surface area contributed by atoms with Crippen LogP contribution in [0.3, 0.4) is 0 Å². The number of aliphatic carboxylic acids is 1. The second-order valence-electron chi connectivity index (χ2n) is 4.20. The van der Waals surface area contributed by atoms with Crippen LogP contribution in [0.25, 0.3) is 0 Å². The Kier molecular flexibility index (Phi) is 4.31. The lowest BCUT2D eigenvalue weighted by atomic mass is 10.1. The van der Waals surface area contributed by atoms with Gasteiger partial charge >= 0.3 is 5.97 Å². The normalized spacial score (nSPS) is 11.9. The minimum Gasteiger partial charge on any atom is -0.507 e. The lowest BCUT2D eigenvalue weighted by Crippen LogP contribution is -2.42. The summed E-state index contributed by atoms with van der Waals surface area (Å²) in [5.41, 5.74) is 0.949. The van der Waals surface area contributed by atoms with E-state index in [1.165, 1.54) is 13.1 Å². The number of aromatic hydroxyl groups is 1. The van der Waals surface area contributed by atoms with Crippen LogP contribution in [-0.2, 0) is 4.79 Å². The molecular formula is C13H17NO4. The number of hydrogen-bond acceptors (Lipinski definition) is 3. The minimum absolute atomic E-state index is 0.122. The van der Waals surface area contributed by atoms with E-state index < -0.39 is 17.9 Å². The van der Waals surface area contributed by atoms with Gasteiger partial charge in [0.1, 0.15) is 11.8 Å². The summed E-state index contributed by atoms with van der Waals surface area (Å²) in [6.07, 6.45) is 0.310. The van der Waals surface area contributed by atoms with Gasteiger partial charge in [0.15, 0.2) is 0 Å². The van der Waals surface area contributed by atoms with Crippen LogP contribution in [-0.4, -0.2) is 40.1 Å². The number of carbonyl (C=O) groups excluding carboxylic acids is 1. The van der Waals surface area contributed by atoms with Crippen LogP contribution in [0.1, 0.15) is 29.3 Å². The first-order valence-corrected chi connectivity index (χ1v) is 5.68. The predicted molar refractivity (Wildman–Crippen MR) is 66.7 cm³/mol. The van der Waals surface area contributed by atoms with Gasteiger partial charge in [0, 0.05) is 7.05 Å². The van der Waals surface area contributed by atoms with Crippen LogP contribution in [0.15, 0.2) is 18.2 Å². The highest BCUT2D eigenvalue weighted by Gasteiger charge is 2.26. The Morgan fingerprint density at radius 3 is 2.50 bits per heavy atom. The quantitative estimate of drug-likeness (QED) is 0.852. The topological polar surface area (TPSA) is 77.8 Å². The van der Waals surface area contributed by atoms with E-state index in [-0.39, 0.29) is 11.3 Å². The molecule has 1 amide bonds. The molecule has 0 radical (unpaired) electrons. The molecule has 0 saturated carbocycles. The molecule has 0 aromatic heterocycles. The second kappa shape index (κ2) is 5.53. The van der Waals surface area contributed by atoms with Gasteiger partial charge in [-0.15, -0.1) is 0 Å². The average molecular weight is 251 g/mol. The average Bonchev–Trinajstić information content (AvgIpc) is 2.31. The first-order valence-electron chi connectivity index (χ1n) is 5.68. The fraction of sp³-hybridized carbons (Fsp3) is 0.385. The molecule has 5 nitrogen and oxygen atoms in total. The third kappa shape index (κ3) is 2.80. The molecule has 1 aromatic carbocycles. The molecule has 0 aliphatic carbocycles. The largest absolute Gasteiger partial charge is 0.507 e. The summed E-state index contributed by atoms with van der Waals surface area (Å²) in [7, 11) is 1.42. The Bertz CT molecular complexity index is 470. The van der Waals surface area contributed by atoms with Gasteiger partial charge in [-0.1, -0.05) is 18.6 Å². The summed E-state index contributed by atoms with van der Waals surface area (Å²) in [6, 6.07) is 3.76. The van der Waals surface area contributed by atoms with Crippen LogP contribution in [0.4, 0.5) is 0 Å². The molecule has 0 spiro atoms. The van der Waals surface area contributed by atoms with Crippen molar-refractivity contribution in [1.29, 1.82) is 0 Å². The van der Waals surface area contributed by atoms with Gasteiger partial charge in [0.25, 0.3) is 5.91 Å². The molecule has 0 aliphatic heterocycles. The van der Waals surface area contributed by atoms with Crippen molar-refractivity contribution in [2.24, 2.45) is 0 Å². The number of benzene rings is 1. The van der Waals surface area contributed by atoms with E-state index >= 15 is 0 Å². The van der Waals surface area contributed by atoms with Gasteiger partial charge in [-0.2, -0.15) is 0 Å². The van der Waals surface area contributed by atoms with Gasteiger partial charge in [-0.3, -0.25) is 4.79 Å². The second-order valence-corrected chi connectivity index (χ2v) is 4.20. The zero-order valence-corrected chi connectivity index (χ0v) is 10.7. The summed E-state index contributed by atoms with van der Waals surface area (Å²) in [5, 5.41) is 18.7. The van der Waals surface area contributed by atoms with E-state index in [0.29, 0.717) is 6.42 Å². The smallest absolute Gasteiger partial charge is 0.326 e. The Morgan fingerprint density at radius 1 is 1.39 bits per heavy atom. The van der Waals surface area contributed by atoms with Crippen molar-refractivity contribution in [2.75, 3.05) is 7.05 Å². The zero-order valence-electron chi connectivity index (χ0n) is 10.7. The Morgan fingerprint density at radius 2 is 2.00 bits per heavy atom. The molecule has 0 bridgehead atoms. The molecule has 1 rings (SSSR count). The monoisotopic (exact) mass is 251 g/mol. The van der Waals surface area contributed by atoms with E-state index in [9.17, 15) is 14.7 Å². The number of phenolic OH excluding ortho intramolecular Hbond substituents is 1. The zero-order chi connectivity index (χ0) is 13.9. The van der Waals surface area contributed by atoms with E-state index in [2.05, 4.69) is 0 Å². The van der Waals surface area contributed by atoms with Gasteiger partial charge in [0.05, 0.1) is 5.56 Å². The van der Waals surface area contributed by atoms with Crippen molar-refractivity contribution in [3.8, 4) is 5.75 Å². The number of carbonyl (C=O) groups is 2. The van der Waals surface area contributed by atoms with Crippen molar-refractivity contribution < 1.29 is 19.8 Å². The van der Waals surface area contributed by atoms with E-state index in [4.69, 9.17) is 5.11 Å². The molecular weight excluding hydrogens is 234 g/mol. The number of aryl methyl sites for hydroxylation is 1. The number of carboxylic acid groups (broad SMARTS) is 1. The number of phenols is 1. The molecule has 98 valence electrons. The van der Waals surface area contributed by atoms with E-state index in [0.717, 1.165) is 10.5 Å². The molecule has 2 N–H and O–H groups in total. The first kappa shape index (κ1) is 14.0. The van der Waals surface area contributed by atoms with Crippen molar-refractivity contribution in [3.05, 3.63) is 29.3 Å². The number of carboxylic acids is 1. The highest BCUT2D eigenvalue weighted by Crippen LogP contribution is 2.21. The first-order chi connectivity index (χ1) is 8.38. The summed E-state index contributed by atoms with van der Waals surface area (Å²) >= 11 is 0. The predicted octanol–water partition coefficient (Wildman–Crippen LogP) is 1.64. The molecule has 1 atom stereocenters. The number of rotatable bonds is 4.